The molecule has 0 heterocycles. The quantitative estimate of drug-likeness (QED) is 0.288. The van der Waals surface area contributed by atoms with Gasteiger partial charge in [-0.25, -0.2) is 0 Å². The predicted octanol–water partition coefficient (Wildman–Crippen LogP) is 9.38. The fourth-order valence-corrected chi connectivity index (χ4v) is 2.99. The van der Waals surface area contributed by atoms with Crippen molar-refractivity contribution in [2.75, 3.05) is 0 Å². The Morgan fingerprint density at radius 2 is 1.19 bits per heavy atom. The molecular weight excluding hydrogens is 400 g/mol. The Bertz CT molecular complexity index is 842. The molecule has 0 saturated heterocycles. The summed E-state index contributed by atoms with van der Waals surface area (Å²) >= 11 is 1.68. The zero-order chi connectivity index (χ0) is 23.5. The molecule has 2 nitrogen and oxygen atoms in total. The number of hydrogen-bond donors (Lipinski definition) is 0. The molecule has 2 aromatic carbocycles. The average molecular weight is 437 g/mol. The predicted molar refractivity (Wildman–Crippen MR) is 138 cm³/mol. The highest BCUT2D eigenvalue weighted by atomic mass is 32.2. The SMILES string of the molecule is C=C/C=C(\C=C)Oc1ccc(Sc2ccc(OC(/C=C\C)=C/C)cc2)cc1.CC.CC. The molecule has 0 aliphatic carbocycles. The lowest BCUT2D eigenvalue weighted by Crippen LogP contribution is -1.91. The molecule has 0 aliphatic heterocycles. The lowest BCUT2D eigenvalue weighted by atomic mass is 10.3. The van der Waals surface area contributed by atoms with Gasteiger partial charge in [-0.1, -0.05) is 64.8 Å². The first-order chi connectivity index (χ1) is 15.2. The van der Waals surface area contributed by atoms with Crippen LogP contribution < -0.4 is 9.47 Å². The molecule has 0 radical (unpaired) electrons. The Morgan fingerprint density at radius 3 is 1.55 bits per heavy atom. The highest BCUT2D eigenvalue weighted by Crippen LogP contribution is 2.31. The third-order valence-electron chi connectivity index (χ3n) is 3.45. The zero-order valence-corrected chi connectivity index (χ0v) is 20.5. The van der Waals surface area contributed by atoms with Crippen molar-refractivity contribution in [3.63, 3.8) is 0 Å². The molecule has 0 bridgehead atoms. The van der Waals surface area contributed by atoms with Gasteiger partial charge in [0, 0.05) is 9.79 Å². The van der Waals surface area contributed by atoms with E-state index < -0.39 is 0 Å². The Morgan fingerprint density at radius 1 is 0.742 bits per heavy atom. The number of ether oxygens (including phenoxy) is 2. The van der Waals surface area contributed by atoms with E-state index in [9.17, 15) is 0 Å². The maximum Gasteiger partial charge on any atom is 0.127 e. The summed E-state index contributed by atoms with van der Waals surface area (Å²) in [5.41, 5.74) is 0. The van der Waals surface area contributed by atoms with Crippen molar-refractivity contribution in [2.45, 2.75) is 51.3 Å². The molecular formula is C28H36O2S. The topological polar surface area (TPSA) is 18.5 Å². The second-order valence-electron chi connectivity index (χ2n) is 5.45. The van der Waals surface area contributed by atoms with Crippen LogP contribution in [-0.4, -0.2) is 0 Å². The summed E-state index contributed by atoms with van der Waals surface area (Å²) in [5, 5.41) is 0. The third kappa shape index (κ3) is 11.2. The number of rotatable bonds is 9. The van der Waals surface area contributed by atoms with Gasteiger partial charge in [-0.2, -0.15) is 0 Å². The van der Waals surface area contributed by atoms with Crippen molar-refractivity contribution in [1.82, 2.24) is 0 Å². The van der Waals surface area contributed by atoms with Gasteiger partial charge in [-0.3, -0.25) is 0 Å². The minimum atomic E-state index is 0.666. The molecule has 3 heteroatoms. The second-order valence-corrected chi connectivity index (χ2v) is 6.60. The Kier molecular flexibility index (Phi) is 16.2. The molecule has 0 amide bonds. The summed E-state index contributed by atoms with van der Waals surface area (Å²) in [4.78, 5) is 2.27. The van der Waals surface area contributed by atoms with E-state index in [-0.39, 0.29) is 0 Å². The van der Waals surface area contributed by atoms with Crippen LogP contribution in [0.2, 0.25) is 0 Å². The summed E-state index contributed by atoms with van der Waals surface area (Å²) in [7, 11) is 0. The van der Waals surface area contributed by atoms with Crippen molar-refractivity contribution >= 4 is 11.8 Å². The van der Waals surface area contributed by atoms with Gasteiger partial charge in [0.05, 0.1) is 0 Å². The summed E-state index contributed by atoms with van der Waals surface area (Å²) in [6.07, 6.45) is 10.9. The van der Waals surface area contributed by atoms with Crippen LogP contribution in [-0.2, 0) is 0 Å². The average Bonchev–Trinajstić information content (AvgIpc) is 2.83. The van der Waals surface area contributed by atoms with Gasteiger partial charge in [-0.15, -0.1) is 0 Å². The number of hydrogen-bond acceptors (Lipinski definition) is 3. The van der Waals surface area contributed by atoms with Crippen molar-refractivity contribution in [3.05, 3.63) is 110 Å². The van der Waals surface area contributed by atoms with E-state index in [1.807, 2.05) is 96.2 Å². The molecule has 166 valence electrons. The lowest BCUT2D eigenvalue weighted by Gasteiger charge is -2.08. The van der Waals surface area contributed by atoms with E-state index >= 15 is 0 Å². The molecule has 0 aliphatic rings. The highest BCUT2D eigenvalue weighted by Gasteiger charge is 2.02. The van der Waals surface area contributed by atoms with E-state index in [2.05, 4.69) is 25.3 Å². The van der Waals surface area contributed by atoms with Crippen molar-refractivity contribution in [2.24, 2.45) is 0 Å². The van der Waals surface area contributed by atoms with E-state index in [1.165, 1.54) is 0 Å². The smallest absolute Gasteiger partial charge is 0.127 e. The Labute approximate surface area is 193 Å². The standard InChI is InChI=1S/C24H24O2S.2C2H6/c1-5-9-19(7-3)25-21-11-15-23(16-12-21)27-24-17-13-22(14-18-24)26-20(8-4)10-6-2;2*1-2/h5-18H,1,3H2,2,4H3;2*1-2H3/b10-6-,19-9+,20-8+;;. The maximum atomic E-state index is 5.82. The van der Waals surface area contributed by atoms with Crippen molar-refractivity contribution in [1.29, 1.82) is 0 Å². The highest BCUT2D eigenvalue weighted by molar-refractivity contribution is 7.99. The largest absolute Gasteiger partial charge is 0.458 e. The van der Waals surface area contributed by atoms with Crippen molar-refractivity contribution < 1.29 is 9.47 Å². The first kappa shape index (κ1) is 28.1. The van der Waals surface area contributed by atoms with Gasteiger partial charge in [0.2, 0.25) is 0 Å². The van der Waals surface area contributed by atoms with Gasteiger partial charge in [-0.05, 0) is 86.7 Å². The second kappa shape index (κ2) is 17.9. The molecule has 2 rings (SSSR count). The van der Waals surface area contributed by atoms with Crippen LogP contribution in [0.15, 0.2) is 119 Å². The van der Waals surface area contributed by atoms with Crippen LogP contribution in [0, 0.1) is 0 Å². The molecule has 2 aromatic rings. The van der Waals surface area contributed by atoms with E-state index in [0.717, 1.165) is 27.0 Å². The molecule has 31 heavy (non-hydrogen) atoms. The van der Waals surface area contributed by atoms with Crippen molar-refractivity contribution in [3.8, 4) is 11.5 Å². The molecule has 0 fully saturated rings. The normalized spacial score (nSPS) is 10.9. The fourth-order valence-electron chi connectivity index (χ4n) is 2.17. The Hall–Kier alpha value is -2.91. The number of benzene rings is 2. The van der Waals surface area contributed by atoms with Gasteiger partial charge in [0.15, 0.2) is 0 Å². The van der Waals surface area contributed by atoms with Crippen LogP contribution >= 0.6 is 11.8 Å². The molecule has 0 spiro atoms. The fraction of sp³-hybridized carbons (Fsp3) is 0.214. The third-order valence-corrected chi connectivity index (χ3v) is 4.47. The van der Waals surface area contributed by atoms with Crippen LogP contribution in [0.4, 0.5) is 0 Å². The van der Waals surface area contributed by atoms with E-state index in [4.69, 9.17) is 9.47 Å². The number of allylic oxidation sites excluding steroid dienone is 6. The Balaban J connectivity index is 0.00000212. The van der Waals surface area contributed by atoms with Crippen LogP contribution in [0.5, 0.6) is 11.5 Å². The maximum absolute atomic E-state index is 5.82. The van der Waals surface area contributed by atoms with E-state index in [1.54, 1.807) is 30.0 Å². The lowest BCUT2D eigenvalue weighted by molar-refractivity contribution is 0.443. The van der Waals surface area contributed by atoms with Crippen LogP contribution in [0.1, 0.15) is 41.5 Å². The summed E-state index contributed by atoms with van der Waals surface area (Å²) in [6, 6.07) is 16.0. The summed E-state index contributed by atoms with van der Waals surface area (Å²) in [5.74, 6) is 3.08. The van der Waals surface area contributed by atoms with Gasteiger partial charge >= 0.3 is 0 Å². The zero-order valence-electron chi connectivity index (χ0n) is 19.7. The van der Waals surface area contributed by atoms with Gasteiger partial charge in [0.1, 0.15) is 23.0 Å². The molecule has 0 atom stereocenters. The molecule has 0 unspecified atom stereocenters. The monoisotopic (exact) mass is 436 g/mol. The van der Waals surface area contributed by atoms with Crippen LogP contribution in [0.3, 0.4) is 0 Å². The van der Waals surface area contributed by atoms with Gasteiger partial charge < -0.3 is 9.47 Å². The summed E-state index contributed by atoms with van der Waals surface area (Å²) in [6.45, 7) is 19.3. The molecule has 0 aromatic heterocycles. The summed E-state index contributed by atoms with van der Waals surface area (Å²) < 4.78 is 11.5. The minimum absolute atomic E-state index is 0.666. The molecule has 0 N–H and O–H groups in total. The van der Waals surface area contributed by atoms with E-state index in [0.29, 0.717) is 5.76 Å². The minimum Gasteiger partial charge on any atom is -0.458 e. The van der Waals surface area contributed by atoms with Gasteiger partial charge in [0.25, 0.3) is 0 Å². The van der Waals surface area contributed by atoms with Crippen LogP contribution in [0.25, 0.3) is 0 Å². The first-order valence-corrected chi connectivity index (χ1v) is 11.5. The first-order valence-electron chi connectivity index (χ1n) is 10.7. The molecule has 0 saturated carbocycles.